The number of carboxylic acids is 1. The van der Waals surface area contributed by atoms with Crippen LogP contribution in [0.1, 0.15) is 16.1 Å². The van der Waals surface area contributed by atoms with E-state index in [2.05, 4.69) is 5.10 Å². The first-order valence-electron chi connectivity index (χ1n) is 5.32. The van der Waals surface area contributed by atoms with Gasteiger partial charge in [-0.25, -0.2) is 23.0 Å². The van der Waals surface area contributed by atoms with Gasteiger partial charge in [-0.1, -0.05) is 11.6 Å². The lowest BCUT2D eigenvalue weighted by Crippen LogP contribution is -2.14. The van der Waals surface area contributed by atoms with E-state index in [0.717, 1.165) is 6.07 Å². The Morgan fingerprint density at radius 2 is 2.10 bits per heavy atom. The van der Waals surface area contributed by atoms with Crippen LogP contribution in [0.3, 0.4) is 0 Å². The molecular weight excluding hydrogens is 306 g/mol. The van der Waals surface area contributed by atoms with E-state index in [9.17, 15) is 18.3 Å². The molecule has 0 aliphatic heterocycles. The number of carbonyl (C=O) groups is 1. The summed E-state index contributed by atoms with van der Waals surface area (Å²) >= 11 is 5.87. The van der Waals surface area contributed by atoms with E-state index in [1.54, 1.807) is 6.92 Å². The Kier molecular flexibility index (Phi) is 3.55. The van der Waals surface area contributed by atoms with Crippen LogP contribution >= 0.6 is 11.6 Å². The van der Waals surface area contributed by atoms with Gasteiger partial charge >= 0.3 is 5.97 Å². The van der Waals surface area contributed by atoms with E-state index in [-0.39, 0.29) is 16.1 Å². The molecule has 1 aromatic carbocycles. The molecule has 0 saturated carbocycles. The second-order valence-electron chi connectivity index (χ2n) is 4.04. The molecule has 1 aromatic heterocycles. The zero-order valence-corrected chi connectivity index (χ0v) is 11.8. The molecule has 0 atom stereocenters. The number of halogens is 1. The predicted molar refractivity (Wildman–Crippen MR) is 71.6 cm³/mol. The molecule has 0 radical (unpaired) electrons. The smallest absolute Gasteiger partial charge is 0.337 e. The number of aromatic nitrogens is 2. The number of rotatable bonds is 3. The molecule has 0 unspecified atom stereocenters. The maximum absolute atomic E-state index is 11.3. The molecule has 0 saturated heterocycles. The number of carboxylic acid groups (broad SMARTS) is 1. The first kappa shape index (κ1) is 14.5. The van der Waals surface area contributed by atoms with Gasteiger partial charge in [-0.3, -0.25) is 0 Å². The van der Waals surface area contributed by atoms with Crippen molar-refractivity contribution in [2.24, 2.45) is 5.14 Å². The Morgan fingerprint density at radius 3 is 2.55 bits per heavy atom. The molecule has 0 spiro atoms. The largest absolute Gasteiger partial charge is 0.478 e. The summed E-state index contributed by atoms with van der Waals surface area (Å²) in [5.74, 6) is -1.30. The quantitative estimate of drug-likeness (QED) is 0.882. The Bertz CT molecular complexity index is 778. The maximum Gasteiger partial charge on any atom is 0.337 e. The molecule has 20 heavy (non-hydrogen) atoms. The normalized spacial score (nSPS) is 11.6. The van der Waals surface area contributed by atoms with E-state index in [1.165, 1.54) is 23.0 Å². The van der Waals surface area contributed by atoms with Crippen LogP contribution < -0.4 is 5.14 Å². The third-order valence-corrected chi connectivity index (χ3v) is 3.89. The molecule has 2 rings (SSSR count). The first-order valence-corrected chi connectivity index (χ1v) is 7.25. The van der Waals surface area contributed by atoms with Gasteiger partial charge in [-0.2, -0.15) is 5.10 Å². The average molecular weight is 316 g/mol. The van der Waals surface area contributed by atoms with Gasteiger partial charge in [-0.05, 0) is 25.1 Å². The van der Waals surface area contributed by atoms with Crippen molar-refractivity contribution in [1.82, 2.24) is 9.78 Å². The monoisotopic (exact) mass is 315 g/mol. The Balaban J connectivity index is 2.68. The summed E-state index contributed by atoms with van der Waals surface area (Å²) < 4.78 is 23.8. The number of aryl methyl sites for hydroxylation is 1. The van der Waals surface area contributed by atoms with E-state index in [4.69, 9.17) is 16.7 Å². The highest BCUT2D eigenvalue weighted by Gasteiger charge is 2.18. The van der Waals surface area contributed by atoms with Crippen molar-refractivity contribution < 1.29 is 18.3 Å². The van der Waals surface area contributed by atoms with Crippen LogP contribution in [0, 0.1) is 6.92 Å². The topological polar surface area (TPSA) is 115 Å². The van der Waals surface area contributed by atoms with E-state index in [1.807, 2.05) is 0 Å². The summed E-state index contributed by atoms with van der Waals surface area (Å²) in [6.45, 7) is 1.66. The maximum atomic E-state index is 11.3. The van der Waals surface area contributed by atoms with Gasteiger partial charge in [0, 0.05) is 6.20 Å². The highest BCUT2D eigenvalue weighted by Crippen LogP contribution is 2.22. The Morgan fingerprint density at radius 1 is 1.45 bits per heavy atom. The molecule has 0 amide bonds. The minimum Gasteiger partial charge on any atom is -0.478 e. The van der Waals surface area contributed by atoms with Gasteiger partial charge in [0.05, 0.1) is 26.9 Å². The molecule has 9 heteroatoms. The molecule has 106 valence electrons. The van der Waals surface area contributed by atoms with E-state index < -0.39 is 16.0 Å². The van der Waals surface area contributed by atoms with Crippen LogP contribution in [-0.2, 0) is 10.0 Å². The zero-order chi connectivity index (χ0) is 15.1. The van der Waals surface area contributed by atoms with Gasteiger partial charge in [0.1, 0.15) is 0 Å². The van der Waals surface area contributed by atoms with Crippen molar-refractivity contribution in [3.8, 4) is 5.69 Å². The third-order valence-electron chi connectivity index (χ3n) is 2.61. The minimum atomic E-state index is -3.98. The average Bonchev–Trinajstić information content (AvgIpc) is 2.67. The number of nitrogens with two attached hydrogens (primary N) is 1. The van der Waals surface area contributed by atoms with Crippen LogP contribution in [0.15, 0.2) is 29.3 Å². The van der Waals surface area contributed by atoms with Gasteiger partial charge in [-0.15, -0.1) is 0 Å². The number of sulfonamides is 1. The molecule has 1 heterocycles. The first-order chi connectivity index (χ1) is 9.20. The summed E-state index contributed by atoms with van der Waals surface area (Å²) in [6.07, 6.45) is 1.44. The number of benzene rings is 1. The number of hydrogen-bond acceptors (Lipinski definition) is 4. The lowest BCUT2D eigenvalue weighted by atomic mass is 10.2. The van der Waals surface area contributed by atoms with E-state index in [0.29, 0.717) is 10.7 Å². The van der Waals surface area contributed by atoms with Gasteiger partial charge in [0.2, 0.25) is 10.0 Å². The Hall–Kier alpha value is -1.90. The molecule has 0 bridgehead atoms. The second kappa shape index (κ2) is 4.89. The number of aromatic carboxylic acids is 1. The standard InChI is InChI=1S/C11H10ClN3O4S/c1-6-9(12)5-15(14-6)10-3-2-7(20(13,18)19)4-8(10)11(16)17/h2-5H,1H3,(H,16,17)(H2,13,18,19). The van der Waals surface area contributed by atoms with Crippen molar-refractivity contribution >= 4 is 27.6 Å². The molecule has 0 aliphatic rings. The van der Waals surface area contributed by atoms with Crippen molar-refractivity contribution in [2.75, 3.05) is 0 Å². The van der Waals surface area contributed by atoms with E-state index >= 15 is 0 Å². The fourth-order valence-corrected chi connectivity index (χ4v) is 2.30. The molecule has 2 aromatic rings. The van der Waals surface area contributed by atoms with Crippen LogP contribution in [0.25, 0.3) is 5.69 Å². The van der Waals surface area contributed by atoms with Crippen molar-refractivity contribution in [3.05, 3.63) is 40.7 Å². The van der Waals surface area contributed by atoms with Crippen LogP contribution in [0.2, 0.25) is 5.02 Å². The highest BCUT2D eigenvalue weighted by atomic mass is 35.5. The van der Waals surface area contributed by atoms with Crippen molar-refractivity contribution in [2.45, 2.75) is 11.8 Å². The van der Waals surface area contributed by atoms with Gasteiger partial charge < -0.3 is 5.11 Å². The summed E-state index contributed by atoms with van der Waals surface area (Å²) in [6, 6.07) is 3.51. The lowest BCUT2D eigenvalue weighted by molar-refractivity contribution is 0.0696. The SMILES string of the molecule is Cc1nn(-c2ccc(S(N)(=O)=O)cc2C(=O)O)cc1Cl. The fourth-order valence-electron chi connectivity index (χ4n) is 1.63. The molecule has 3 N–H and O–H groups in total. The van der Waals surface area contributed by atoms with Crippen molar-refractivity contribution in [3.63, 3.8) is 0 Å². The van der Waals surface area contributed by atoms with Crippen LogP contribution in [0.4, 0.5) is 0 Å². The van der Waals surface area contributed by atoms with Gasteiger partial charge in [0.15, 0.2) is 0 Å². The summed E-state index contributed by atoms with van der Waals surface area (Å²) in [5, 5.41) is 18.6. The third kappa shape index (κ3) is 2.67. The zero-order valence-electron chi connectivity index (χ0n) is 10.2. The van der Waals surface area contributed by atoms with Crippen LogP contribution in [-0.4, -0.2) is 29.3 Å². The lowest BCUT2D eigenvalue weighted by Gasteiger charge is -2.07. The fraction of sp³-hybridized carbons (Fsp3) is 0.0909. The molecule has 0 aliphatic carbocycles. The predicted octanol–water partition coefficient (Wildman–Crippen LogP) is 1.18. The summed E-state index contributed by atoms with van der Waals surface area (Å²) in [5.41, 5.74) is 0.481. The summed E-state index contributed by atoms with van der Waals surface area (Å²) in [4.78, 5) is 11.0. The van der Waals surface area contributed by atoms with Crippen molar-refractivity contribution in [1.29, 1.82) is 0 Å². The molecule has 0 fully saturated rings. The number of primary sulfonamides is 1. The molecular formula is C11H10ClN3O4S. The summed E-state index contributed by atoms with van der Waals surface area (Å²) in [7, 11) is -3.98. The Labute approximate surface area is 119 Å². The minimum absolute atomic E-state index is 0.194. The number of hydrogen-bond donors (Lipinski definition) is 2. The number of nitrogens with zero attached hydrogens (tertiary/aromatic N) is 2. The second-order valence-corrected chi connectivity index (χ2v) is 6.00. The molecule has 7 nitrogen and oxygen atoms in total. The van der Waals surface area contributed by atoms with Crippen LogP contribution in [0.5, 0.6) is 0 Å². The highest BCUT2D eigenvalue weighted by molar-refractivity contribution is 7.89. The van der Waals surface area contributed by atoms with Gasteiger partial charge in [0.25, 0.3) is 0 Å².